The van der Waals surface area contributed by atoms with Crippen LogP contribution in [-0.4, -0.2) is 33.5 Å². The summed E-state index contributed by atoms with van der Waals surface area (Å²) in [5, 5.41) is 2.56. The van der Waals surface area contributed by atoms with Crippen molar-refractivity contribution in [3.63, 3.8) is 0 Å². The summed E-state index contributed by atoms with van der Waals surface area (Å²) >= 11 is 0. The Morgan fingerprint density at radius 2 is 1.91 bits per heavy atom. The second kappa shape index (κ2) is 7.06. The molecule has 0 aromatic heterocycles. The Balaban J connectivity index is 1.98. The summed E-state index contributed by atoms with van der Waals surface area (Å²) in [6.45, 7) is -0.259. The van der Waals surface area contributed by atoms with Crippen molar-refractivity contribution < 1.29 is 22.7 Å². The minimum atomic E-state index is -3.34. The van der Waals surface area contributed by atoms with Crippen LogP contribution < -0.4 is 10.1 Å². The lowest BCUT2D eigenvalue weighted by Crippen LogP contribution is -2.20. The van der Waals surface area contributed by atoms with Crippen molar-refractivity contribution in [3.05, 3.63) is 54.1 Å². The Labute approximate surface area is 134 Å². The maximum Gasteiger partial charge on any atom is 0.262 e. The van der Waals surface area contributed by atoms with Crippen molar-refractivity contribution >= 4 is 27.7 Å². The number of sulfone groups is 1. The van der Waals surface area contributed by atoms with Gasteiger partial charge in [0.1, 0.15) is 12.0 Å². The van der Waals surface area contributed by atoms with Gasteiger partial charge in [0.2, 0.25) is 0 Å². The number of aldehydes is 1. The van der Waals surface area contributed by atoms with Gasteiger partial charge >= 0.3 is 0 Å². The van der Waals surface area contributed by atoms with Crippen LogP contribution in [0.1, 0.15) is 10.4 Å². The Morgan fingerprint density at radius 1 is 1.17 bits per heavy atom. The van der Waals surface area contributed by atoms with E-state index in [9.17, 15) is 18.0 Å². The molecule has 1 N–H and O–H groups in total. The van der Waals surface area contributed by atoms with Gasteiger partial charge in [0, 0.05) is 17.5 Å². The fourth-order valence-electron chi connectivity index (χ4n) is 1.83. The molecule has 0 spiro atoms. The molecule has 6 nitrogen and oxygen atoms in total. The van der Waals surface area contributed by atoms with Crippen LogP contribution in [0, 0.1) is 0 Å². The van der Waals surface area contributed by atoms with Crippen LogP contribution in [0.4, 0.5) is 5.69 Å². The van der Waals surface area contributed by atoms with Crippen LogP contribution in [0.3, 0.4) is 0 Å². The SMILES string of the molecule is CS(=O)(=O)c1cccc(NC(=O)COc2cccc(C=O)c2)c1. The largest absolute Gasteiger partial charge is 0.484 e. The standard InChI is InChI=1S/C16H15NO5S/c1-23(20,21)15-7-3-5-13(9-15)17-16(19)11-22-14-6-2-4-12(8-14)10-18/h2-10H,11H2,1H3,(H,17,19). The minimum Gasteiger partial charge on any atom is -0.484 e. The van der Waals surface area contributed by atoms with Gasteiger partial charge in [-0.3, -0.25) is 9.59 Å². The molecule has 2 aromatic rings. The summed E-state index contributed by atoms with van der Waals surface area (Å²) in [6.07, 6.45) is 1.78. The van der Waals surface area contributed by atoms with Crippen molar-refractivity contribution in [3.8, 4) is 5.75 Å². The zero-order valence-electron chi connectivity index (χ0n) is 12.4. The first-order chi connectivity index (χ1) is 10.9. The highest BCUT2D eigenvalue weighted by atomic mass is 32.2. The summed E-state index contributed by atoms with van der Waals surface area (Å²) in [5.74, 6) is -0.0400. The molecule has 7 heteroatoms. The summed E-state index contributed by atoms with van der Waals surface area (Å²) in [4.78, 5) is 22.6. The molecule has 0 aliphatic rings. The molecule has 0 unspecified atom stereocenters. The van der Waals surface area contributed by atoms with Crippen LogP contribution in [0.15, 0.2) is 53.4 Å². The fourth-order valence-corrected chi connectivity index (χ4v) is 2.49. The third kappa shape index (κ3) is 4.93. The predicted octanol–water partition coefficient (Wildman–Crippen LogP) is 1.92. The van der Waals surface area contributed by atoms with Gasteiger partial charge in [0.15, 0.2) is 16.4 Å². The van der Waals surface area contributed by atoms with Gasteiger partial charge in [0.05, 0.1) is 4.90 Å². The third-order valence-corrected chi connectivity index (χ3v) is 4.02. The predicted molar refractivity (Wildman–Crippen MR) is 85.5 cm³/mol. The summed E-state index contributed by atoms with van der Waals surface area (Å²) in [5.41, 5.74) is 0.812. The van der Waals surface area contributed by atoms with Gasteiger partial charge in [0.25, 0.3) is 5.91 Å². The van der Waals surface area contributed by atoms with E-state index in [0.29, 0.717) is 23.3 Å². The molecule has 0 fully saturated rings. The van der Waals surface area contributed by atoms with E-state index in [1.54, 1.807) is 30.3 Å². The van der Waals surface area contributed by atoms with Crippen LogP contribution in [-0.2, 0) is 14.6 Å². The Kier molecular flexibility index (Phi) is 5.13. The van der Waals surface area contributed by atoms with Crippen molar-refractivity contribution in [2.75, 3.05) is 18.2 Å². The van der Waals surface area contributed by atoms with Gasteiger partial charge in [-0.1, -0.05) is 18.2 Å². The summed E-state index contributed by atoms with van der Waals surface area (Å²) in [7, 11) is -3.34. The quantitative estimate of drug-likeness (QED) is 0.816. The van der Waals surface area contributed by atoms with E-state index < -0.39 is 15.7 Å². The summed E-state index contributed by atoms with van der Waals surface area (Å²) in [6, 6.07) is 12.4. The average Bonchev–Trinajstić information content (AvgIpc) is 2.52. The lowest BCUT2D eigenvalue weighted by atomic mass is 10.2. The van der Waals surface area contributed by atoms with Crippen molar-refractivity contribution in [1.29, 1.82) is 0 Å². The number of hydrogen-bond acceptors (Lipinski definition) is 5. The fraction of sp³-hybridized carbons (Fsp3) is 0.125. The van der Waals surface area contributed by atoms with Crippen molar-refractivity contribution in [2.24, 2.45) is 0 Å². The van der Waals surface area contributed by atoms with E-state index in [1.807, 2.05) is 0 Å². The Morgan fingerprint density at radius 3 is 2.61 bits per heavy atom. The molecule has 0 bridgehead atoms. The van der Waals surface area contributed by atoms with E-state index in [1.165, 1.54) is 18.2 Å². The van der Waals surface area contributed by atoms with Crippen molar-refractivity contribution in [2.45, 2.75) is 4.90 Å². The molecule has 0 saturated carbocycles. The van der Waals surface area contributed by atoms with Crippen molar-refractivity contribution in [1.82, 2.24) is 0 Å². The van der Waals surface area contributed by atoms with E-state index in [4.69, 9.17) is 4.74 Å². The van der Waals surface area contributed by atoms with Gasteiger partial charge in [-0.05, 0) is 30.3 Å². The van der Waals surface area contributed by atoms with Crippen LogP contribution in [0.25, 0.3) is 0 Å². The number of amides is 1. The van der Waals surface area contributed by atoms with Crippen LogP contribution in [0.5, 0.6) is 5.75 Å². The molecule has 0 radical (unpaired) electrons. The topological polar surface area (TPSA) is 89.5 Å². The lowest BCUT2D eigenvalue weighted by Gasteiger charge is -2.08. The zero-order valence-corrected chi connectivity index (χ0v) is 13.2. The Bertz CT molecular complexity index is 830. The van der Waals surface area contributed by atoms with Gasteiger partial charge < -0.3 is 10.1 Å². The van der Waals surface area contributed by atoms with Gasteiger partial charge in [-0.15, -0.1) is 0 Å². The van der Waals surface area contributed by atoms with E-state index >= 15 is 0 Å². The lowest BCUT2D eigenvalue weighted by molar-refractivity contribution is -0.118. The minimum absolute atomic E-state index is 0.120. The number of ether oxygens (including phenoxy) is 1. The van der Waals surface area contributed by atoms with Crippen LogP contribution >= 0.6 is 0 Å². The number of carbonyl (C=O) groups is 2. The Hall–Kier alpha value is -2.67. The molecule has 120 valence electrons. The molecule has 23 heavy (non-hydrogen) atoms. The molecular weight excluding hydrogens is 318 g/mol. The monoisotopic (exact) mass is 333 g/mol. The first-order valence-corrected chi connectivity index (χ1v) is 8.55. The highest BCUT2D eigenvalue weighted by Crippen LogP contribution is 2.16. The first kappa shape index (κ1) is 16.7. The maximum atomic E-state index is 11.8. The maximum absolute atomic E-state index is 11.8. The third-order valence-electron chi connectivity index (χ3n) is 2.91. The highest BCUT2D eigenvalue weighted by Gasteiger charge is 2.09. The molecular formula is C16H15NO5S. The molecule has 0 saturated heterocycles. The number of hydrogen-bond donors (Lipinski definition) is 1. The smallest absolute Gasteiger partial charge is 0.262 e. The average molecular weight is 333 g/mol. The molecule has 1 amide bonds. The number of benzene rings is 2. The van der Waals surface area contributed by atoms with Gasteiger partial charge in [-0.25, -0.2) is 8.42 Å². The van der Waals surface area contributed by atoms with E-state index in [-0.39, 0.29) is 11.5 Å². The number of nitrogens with one attached hydrogen (secondary N) is 1. The number of rotatable bonds is 6. The molecule has 0 aliphatic carbocycles. The molecule has 0 aliphatic heterocycles. The normalized spacial score (nSPS) is 10.8. The zero-order chi connectivity index (χ0) is 16.9. The molecule has 0 heterocycles. The second-order valence-corrected chi connectivity index (χ2v) is 6.84. The number of anilines is 1. The summed E-state index contributed by atoms with van der Waals surface area (Å²) < 4.78 is 28.2. The molecule has 2 aromatic carbocycles. The van der Waals surface area contributed by atoms with Crippen LogP contribution in [0.2, 0.25) is 0 Å². The molecule has 2 rings (SSSR count). The number of carbonyl (C=O) groups excluding carboxylic acids is 2. The van der Waals surface area contributed by atoms with E-state index in [0.717, 1.165) is 6.26 Å². The highest BCUT2D eigenvalue weighted by molar-refractivity contribution is 7.90. The molecule has 0 atom stereocenters. The van der Waals surface area contributed by atoms with Gasteiger partial charge in [-0.2, -0.15) is 0 Å². The first-order valence-electron chi connectivity index (χ1n) is 6.66. The van der Waals surface area contributed by atoms with E-state index in [2.05, 4.69) is 5.32 Å². The second-order valence-electron chi connectivity index (χ2n) is 4.83.